The Bertz CT molecular complexity index is 631. The first-order chi connectivity index (χ1) is 11.0. The van der Waals surface area contributed by atoms with Gasteiger partial charge in [-0.25, -0.2) is 4.39 Å². The molecule has 2 rings (SSSR count). The molecule has 0 saturated heterocycles. The minimum Gasteiger partial charge on any atom is -0.497 e. The standard InChI is InChI=1S/C18H22FNO3/c1-20(12-17(21)13-4-7-15(19)8-5-13)11-14-6-9-16(22-2)10-18(14)23-3/h4-10,17,21H,11-12H2,1-3H3. The molecule has 4 nitrogen and oxygen atoms in total. The molecule has 0 aliphatic carbocycles. The number of rotatable bonds is 7. The highest BCUT2D eigenvalue weighted by molar-refractivity contribution is 5.40. The summed E-state index contributed by atoms with van der Waals surface area (Å²) in [6, 6.07) is 11.6. The Morgan fingerprint density at radius 3 is 2.39 bits per heavy atom. The lowest BCUT2D eigenvalue weighted by Crippen LogP contribution is -2.24. The van der Waals surface area contributed by atoms with Crippen molar-refractivity contribution in [2.24, 2.45) is 0 Å². The molecule has 2 aromatic rings. The summed E-state index contributed by atoms with van der Waals surface area (Å²) in [6.07, 6.45) is -0.676. The molecule has 0 fully saturated rings. The monoisotopic (exact) mass is 319 g/mol. The van der Waals surface area contributed by atoms with E-state index >= 15 is 0 Å². The molecule has 0 aliphatic heterocycles. The molecular formula is C18H22FNO3. The summed E-state index contributed by atoms with van der Waals surface area (Å²) in [6.45, 7) is 1.05. The van der Waals surface area contributed by atoms with Gasteiger partial charge in [-0.3, -0.25) is 4.90 Å². The molecule has 0 spiro atoms. The minimum absolute atomic E-state index is 0.308. The van der Waals surface area contributed by atoms with Gasteiger partial charge >= 0.3 is 0 Å². The van der Waals surface area contributed by atoms with E-state index in [1.165, 1.54) is 12.1 Å². The van der Waals surface area contributed by atoms with E-state index in [1.54, 1.807) is 26.4 Å². The average Bonchev–Trinajstić information content (AvgIpc) is 2.55. The second-order valence-electron chi connectivity index (χ2n) is 5.44. The number of benzene rings is 2. The van der Waals surface area contributed by atoms with E-state index < -0.39 is 6.10 Å². The van der Waals surface area contributed by atoms with Gasteiger partial charge in [-0.15, -0.1) is 0 Å². The third-order valence-corrected chi connectivity index (χ3v) is 3.67. The number of hydrogen-bond donors (Lipinski definition) is 1. The molecule has 1 unspecified atom stereocenters. The smallest absolute Gasteiger partial charge is 0.127 e. The average molecular weight is 319 g/mol. The molecule has 0 amide bonds. The third-order valence-electron chi connectivity index (χ3n) is 3.67. The van der Waals surface area contributed by atoms with Gasteiger partial charge in [0.2, 0.25) is 0 Å². The normalized spacial score (nSPS) is 12.3. The highest BCUT2D eigenvalue weighted by Gasteiger charge is 2.13. The van der Waals surface area contributed by atoms with Crippen LogP contribution in [0.1, 0.15) is 17.2 Å². The van der Waals surface area contributed by atoms with E-state index in [1.807, 2.05) is 30.1 Å². The fourth-order valence-electron chi connectivity index (χ4n) is 2.42. The van der Waals surface area contributed by atoms with E-state index in [4.69, 9.17) is 9.47 Å². The molecule has 0 aromatic heterocycles. The summed E-state index contributed by atoms with van der Waals surface area (Å²) in [5.41, 5.74) is 1.70. The number of hydrogen-bond acceptors (Lipinski definition) is 4. The number of aliphatic hydroxyl groups excluding tert-OH is 1. The van der Waals surface area contributed by atoms with Crippen LogP contribution in [-0.2, 0) is 6.54 Å². The van der Waals surface area contributed by atoms with Crippen LogP contribution in [0.5, 0.6) is 11.5 Å². The number of methoxy groups -OCH3 is 2. The van der Waals surface area contributed by atoms with Gasteiger partial charge < -0.3 is 14.6 Å². The van der Waals surface area contributed by atoms with Crippen LogP contribution in [0, 0.1) is 5.82 Å². The number of aliphatic hydroxyl groups is 1. The van der Waals surface area contributed by atoms with Crippen LogP contribution in [-0.4, -0.2) is 37.8 Å². The summed E-state index contributed by atoms with van der Waals surface area (Å²) < 4.78 is 23.5. The molecule has 1 atom stereocenters. The van der Waals surface area contributed by atoms with E-state index in [2.05, 4.69) is 0 Å². The van der Waals surface area contributed by atoms with Crippen molar-refractivity contribution in [3.8, 4) is 11.5 Å². The molecule has 124 valence electrons. The quantitative estimate of drug-likeness (QED) is 0.852. The lowest BCUT2D eigenvalue weighted by Gasteiger charge is -2.22. The SMILES string of the molecule is COc1ccc(CN(C)CC(O)c2ccc(F)cc2)c(OC)c1. The number of nitrogens with zero attached hydrogens (tertiary/aromatic N) is 1. The molecule has 0 heterocycles. The lowest BCUT2D eigenvalue weighted by atomic mass is 10.1. The maximum Gasteiger partial charge on any atom is 0.127 e. The Hall–Kier alpha value is -2.11. The summed E-state index contributed by atoms with van der Waals surface area (Å²) in [7, 11) is 5.14. The first kappa shape index (κ1) is 17.2. The number of halogens is 1. The second kappa shape index (κ2) is 7.94. The van der Waals surface area contributed by atoms with Gasteiger partial charge in [-0.2, -0.15) is 0 Å². The number of likely N-dealkylation sites (N-methyl/N-ethyl adjacent to an activating group) is 1. The zero-order valence-electron chi connectivity index (χ0n) is 13.6. The van der Waals surface area contributed by atoms with Gasteiger partial charge in [-0.1, -0.05) is 18.2 Å². The molecule has 0 radical (unpaired) electrons. The summed E-state index contributed by atoms with van der Waals surface area (Å²) in [5.74, 6) is 1.17. The van der Waals surface area contributed by atoms with Crippen LogP contribution in [0.4, 0.5) is 4.39 Å². The molecule has 5 heteroatoms. The molecule has 2 aromatic carbocycles. The van der Waals surface area contributed by atoms with E-state index in [0.29, 0.717) is 18.7 Å². The zero-order valence-corrected chi connectivity index (χ0v) is 13.6. The Labute approximate surface area is 136 Å². The van der Waals surface area contributed by atoms with Crippen molar-refractivity contribution in [1.29, 1.82) is 0 Å². The molecule has 1 N–H and O–H groups in total. The second-order valence-corrected chi connectivity index (χ2v) is 5.44. The fraction of sp³-hybridized carbons (Fsp3) is 0.333. The maximum absolute atomic E-state index is 12.9. The predicted molar refractivity (Wildman–Crippen MR) is 87.2 cm³/mol. The first-order valence-electron chi connectivity index (χ1n) is 7.36. The van der Waals surface area contributed by atoms with Crippen molar-refractivity contribution < 1.29 is 19.0 Å². The molecule has 23 heavy (non-hydrogen) atoms. The van der Waals surface area contributed by atoms with Crippen LogP contribution in [0.2, 0.25) is 0 Å². The van der Waals surface area contributed by atoms with Crippen LogP contribution < -0.4 is 9.47 Å². The molecular weight excluding hydrogens is 297 g/mol. The van der Waals surface area contributed by atoms with E-state index in [9.17, 15) is 9.50 Å². The highest BCUT2D eigenvalue weighted by atomic mass is 19.1. The Balaban J connectivity index is 2.01. The minimum atomic E-state index is -0.676. The van der Waals surface area contributed by atoms with Crippen molar-refractivity contribution in [2.45, 2.75) is 12.6 Å². The molecule has 0 saturated carbocycles. The Morgan fingerprint density at radius 2 is 1.78 bits per heavy atom. The summed E-state index contributed by atoms with van der Waals surface area (Å²) >= 11 is 0. The van der Waals surface area contributed by atoms with Gasteiger partial charge in [0.15, 0.2) is 0 Å². The van der Waals surface area contributed by atoms with Gasteiger partial charge in [0, 0.05) is 24.7 Å². The number of ether oxygens (including phenoxy) is 2. The Kier molecular flexibility index (Phi) is 5.96. The van der Waals surface area contributed by atoms with Gasteiger partial charge in [0.05, 0.1) is 20.3 Å². The molecule has 0 aliphatic rings. The van der Waals surface area contributed by atoms with Crippen molar-refractivity contribution in [1.82, 2.24) is 4.90 Å². The Morgan fingerprint density at radius 1 is 1.09 bits per heavy atom. The van der Waals surface area contributed by atoms with E-state index in [-0.39, 0.29) is 5.82 Å². The van der Waals surface area contributed by atoms with Crippen molar-refractivity contribution in [3.05, 3.63) is 59.4 Å². The van der Waals surface area contributed by atoms with E-state index in [0.717, 1.165) is 17.1 Å². The largest absolute Gasteiger partial charge is 0.497 e. The zero-order chi connectivity index (χ0) is 16.8. The van der Waals surface area contributed by atoms with Gasteiger partial charge in [0.25, 0.3) is 0 Å². The summed E-state index contributed by atoms with van der Waals surface area (Å²) in [5, 5.41) is 10.3. The maximum atomic E-state index is 12.9. The van der Waals surface area contributed by atoms with Crippen LogP contribution >= 0.6 is 0 Å². The van der Waals surface area contributed by atoms with Gasteiger partial charge in [-0.05, 0) is 30.8 Å². The lowest BCUT2D eigenvalue weighted by molar-refractivity contribution is 0.123. The first-order valence-corrected chi connectivity index (χ1v) is 7.36. The van der Waals surface area contributed by atoms with Crippen LogP contribution in [0.25, 0.3) is 0 Å². The third kappa shape index (κ3) is 4.68. The fourth-order valence-corrected chi connectivity index (χ4v) is 2.42. The van der Waals surface area contributed by atoms with Gasteiger partial charge in [0.1, 0.15) is 17.3 Å². The van der Waals surface area contributed by atoms with Crippen LogP contribution in [0.15, 0.2) is 42.5 Å². The predicted octanol–water partition coefficient (Wildman–Crippen LogP) is 3.01. The van der Waals surface area contributed by atoms with Crippen molar-refractivity contribution >= 4 is 0 Å². The molecule has 0 bridgehead atoms. The van der Waals surface area contributed by atoms with Crippen molar-refractivity contribution in [3.63, 3.8) is 0 Å². The van der Waals surface area contributed by atoms with Crippen LogP contribution in [0.3, 0.4) is 0 Å². The van der Waals surface area contributed by atoms with Crippen molar-refractivity contribution in [2.75, 3.05) is 27.8 Å². The topological polar surface area (TPSA) is 41.9 Å². The highest BCUT2D eigenvalue weighted by Crippen LogP contribution is 2.26. The summed E-state index contributed by atoms with van der Waals surface area (Å²) in [4.78, 5) is 1.98.